The maximum absolute atomic E-state index is 11.0. The monoisotopic (exact) mass is 1530 g/mol. The SMILES string of the molecule is BrBr.COc1ccc(Br)cc1[N+](=O)[O-].COc1ccc(N2CCOCC2)cc1N.COc1ccc(N2CCOCC2)cc1NC(=S)NC(C)=O.COc1ccc(N2CCOCC2)cc1NC(N)=S.COc1ccc(N2CCOCC2)cc1[N+](=O)[O-].[CH3-].[Pd]. The van der Waals surface area contributed by atoms with Gasteiger partial charge in [-0.05, 0) is 103 Å². The zero-order chi connectivity index (χ0) is 62.3. The molecule has 0 aromatic heterocycles. The van der Waals surface area contributed by atoms with E-state index in [-0.39, 0.29) is 66.9 Å². The molecule has 482 valence electrons. The number of methoxy groups -OCH3 is 5. The van der Waals surface area contributed by atoms with Crippen LogP contribution in [0.4, 0.5) is 51.2 Å². The van der Waals surface area contributed by atoms with Crippen LogP contribution in [0.15, 0.2) is 95.5 Å². The number of carbonyl (C=O) groups excluding carboxylic acids is 1. The normalized spacial score (nSPS) is 13.9. The molecule has 1 amide bonds. The van der Waals surface area contributed by atoms with Crippen molar-refractivity contribution in [3.8, 4) is 28.7 Å². The maximum Gasteiger partial charge on any atom is 0.312 e. The zero-order valence-corrected chi connectivity index (χ0v) is 57.2. The fourth-order valence-corrected chi connectivity index (χ4v) is 9.17. The Morgan fingerprint density at radius 1 is 0.529 bits per heavy atom. The third kappa shape index (κ3) is 25.9. The summed E-state index contributed by atoms with van der Waals surface area (Å²) in [7, 11) is 7.66. The van der Waals surface area contributed by atoms with Crippen LogP contribution in [0, 0.1) is 27.7 Å². The van der Waals surface area contributed by atoms with E-state index >= 15 is 0 Å². The third-order valence-corrected chi connectivity index (χ3v) is 13.4. The first-order valence-electron chi connectivity index (χ1n) is 26.2. The number of halogens is 3. The number of amides is 1. The smallest absolute Gasteiger partial charge is 0.312 e. The number of morpholine rings is 4. The van der Waals surface area contributed by atoms with Crippen molar-refractivity contribution >= 4 is 136 Å². The number of carbonyl (C=O) groups is 1. The first kappa shape index (κ1) is 77.0. The number of hydrogen-bond acceptors (Lipinski definition) is 21. The van der Waals surface area contributed by atoms with E-state index in [0.717, 1.165) is 138 Å². The summed E-state index contributed by atoms with van der Waals surface area (Å²) in [5, 5.41) is 30.3. The number of nitrogens with zero attached hydrogens (tertiary/aromatic N) is 6. The molecule has 9 rings (SSSR count). The first-order valence-corrected chi connectivity index (χ1v) is 31.5. The Kier molecular flexibility index (Phi) is 37.1. The van der Waals surface area contributed by atoms with Crippen molar-refractivity contribution in [3.05, 3.63) is 123 Å². The van der Waals surface area contributed by atoms with Crippen LogP contribution in [0.5, 0.6) is 28.7 Å². The molecular weight excluding hydrogens is 1460 g/mol. The molecule has 5 aromatic carbocycles. The molecule has 0 radical (unpaired) electrons. The van der Waals surface area contributed by atoms with Crippen LogP contribution in [0.1, 0.15) is 6.92 Å². The molecule has 4 saturated heterocycles. The number of nitro benzene ring substituents is 2. The summed E-state index contributed by atoms with van der Waals surface area (Å²) in [6.07, 6.45) is 0. The Morgan fingerprint density at radius 3 is 1.17 bits per heavy atom. The maximum atomic E-state index is 11.0. The van der Waals surface area contributed by atoms with Crippen molar-refractivity contribution < 1.29 is 77.7 Å². The molecule has 0 bridgehead atoms. The quantitative estimate of drug-likeness (QED) is 0.0183. The van der Waals surface area contributed by atoms with Gasteiger partial charge in [-0.3, -0.25) is 25.0 Å². The predicted molar refractivity (Wildman–Crippen MR) is 357 cm³/mol. The van der Waals surface area contributed by atoms with E-state index in [2.05, 4.69) is 79.7 Å². The van der Waals surface area contributed by atoms with Crippen LogP contribution in [-0.2, 0) is 44.2 Å². The molecule has 0 aliphatic carbocycles. The van der Waals surface area contributed by atoms with Gasteiger partial charge in [-0.15, -0.1) is 0 Å². The molecule has 4 aliphatic rings. The van der Waals surface area contributed by atoms with Gasteiger partial charge in [0.2, 0.25) is 5.91 Å². The number of thiocarbonyl (C=S) groups is 2. The molecule has 7 N–H and O–H groups in total. The van der Waals surface area contributed by atoms with Crippen LogP contribution in [0.25, 0.3) is 0 Å². The molecule has 4 aliphatic heterocycles. The van der Waals surface area contributed by atoms with Gasteiger partial charge in [-0.2, -0.15) is 0 Å². The average Bonchev–Trinajstić information content (AvgIpc) is 3.68. The van der Waals surface area contributed by atoms with Gasteiger partial charge < -0.3 is 97.1 Å². The second kappa shape index (κ2) is 41.9. The Labute approximate surface area is 556 Å². The van der Waals surface area contributed by atoms with Crippen molar-refractivity contribution in [1.82, 2.24) is 5.32 Å². The molecule has 0 unspecified atom stereocenters. The number of benzene rings is 5. The molecule has 87 heavy (non-hydrogen) atoms. The Bertz CT molecular complexity index is 2950. The molecule has 0 saturated carbocycles. The van der Waals surface area contributed by atoms with Crippen molar-refractivity contribution in [2.45, 2.75) is 6.92 Å². The van der Waals surface area contributed by atoms with E-state index in [1.54, 1.807) is 45.6 Å². The van der Waals surface area contributed by atoms with E-state index in [9.17, 15) is 25.0 Å². The second-order valence-corrected chi connectivity index (χ2v) is 19.7. The van der Waals surface area contributed by atoms with Crippen molar-refractivity contribution in [3.63, 3.8) is 0 Å². The molecular formula is C56H75Br3N11O14PdS2-. The van der Waals surface area contributed by atoms with Crippen LogP contribution in [0.3, 0.4) is 0 Å². The summed E-state index contributed by atoms with van der Waals surface area (Å²) < 4.78 is 47.4. The van der Waals surface area contributed by atoms with Gasteiger partial charge in [-0.1, -0.05) is 15.9 Å². The van der Waals surface area contributed by atoms with Gasteiger partial charge >= 0.3 is 11.4 Å². The predicted octanol–water partition coefficient (Wildman–Crippen LogP) is 9.61. The van der Waals surface area contributed by atoms with Gasteiger partial charge in [-0.25, -0.2) is 0 Å². The summed E-state index contributed by atoms with van der Waals surface area (Å²) in [4.78, 5) is 40.3. The topological polar surface area (TPSA) is 288 Å². The summed E-state index contributed by atoms with van der Waals surface area (Å²) in [6.45, 7) is 14.1. The zero-order valence-electron chi connectivity index (χ0n) is 49.3. The van der Waals surface area contributed by atoms with Gasteiger partial charge in [0, 0.05) is 147 Å². The van der Waals surface area contributed by atoms with E-state index in [0.29, 0.717) is 29.1 Å². The number of nitro groups is 2. The standard InChI is InChI=1S/C14H19N3O3S.C12H17N3O2S.C11H14N2O4.C11H16N2O2.C7H6BrNO3.CH3.Br2.Pd/c1-10(18)15-14(21)16-12-9-11(3-4-13(12)19-2)17-5-7-20-8-6-17;1-16-11-3-2-9(8-10(11)14-12(13)18)15-4-6-17-7-5-15;1-16-11-3-2-9(8-10(11)13(14)15)12-4-6-17-7-5-12;1-14-11-3-2-9(8-10(11)12)13-4-6-15-7-5-13;1-12-7-3-2-5(8)4-6(7)9(10)11;;1-2;/h3-4,9H,5-8H2,1-2H3,(H2,15,16,18,21);2-3,8H,4-7H2,1H3,(H3,13,14,18);2-3,8H,4-7H2,1H3;2-3,8H,4-7,12H2,1H3;2-4H,1H3;1H3;;/q;;;;;-1;;. The second-order valence-electron chi connectivity index (χ2n) is 17.9. The van der Waals surface area contributed by atoms with Crippen molar-refractivity contribution in [1.29, 1.82) is 0 Å². The number of rotatable bonds is 13. The molecule has 4 heterocycles. The number of nitrogens with one attached hydrogen (secondary N) is 3. The molecule has 0 atom stereocenters. The molecule has 4 fully saturated rings. The Balaban J connectivity index is 0.000000370. The van der Waals surface area contributed by atoms with E-state index in [4.69, 9.17) is 78.5 Å². The summed E-state index contributed by atoms with van der Waals surface area (Å²) in [5.41, 5.74) is 17.7. The number of nitrogens with two attached hydrogens (primary N) is 2. The molecule has 31 heteroatoms. The largest absolute Gasteiger partial charge is 0.495 e. The first-order chi connectivity index (χ1) is 41.0. The van der Waals surface area contributed by atoms with Gasteiger partial charge in [0.05, 0.1) is 115 Å². The fraction of sp³-hybridized carbons (Fsp3) is 0.393. The van der Waals surface area contributed by atoms with Crippen molar-refractivity contribution in [2.24, 2.45) is 5.73 Å². The summed E-state index contributed by atoms with van der Waals surface area (Å²) in [5.74, 6) is 2.46. The molecule has 0 spiro atoms. The number of hydrogen-bond donors (Lipinski definition) is 5. The minimum Gasteiger partial charge on any atom is -0.495 e. The van der Waals surface area contributed by atoms with Crippen molar-refractivity contribution in [2.75, 3.05) is 177 Å². The van der Waals surface area contributed by atoms with Gasteiger partial charge in [0.1, 0.15) is 17.2 Å². The molecule has 25 nitrogen and oxygen atoms in total. The van der Waals surface area contributed by atoms with Crippen LogP contribution in [-0.4, -0.2) is 167 Å². The van der Waals surface area contributed by atoms with Gasteiger partial charge in [0.15, 0.2) is 21.7 Å². The minimum absolute atomic E-state index is 0. The third-order valence-electron chi connectivity index (χ3n) is 12.6. The van der Waals surface area contributed by atoms with E-state index < -0.39 is 9.85 Å². The van der Waals surface area contributed by atoms with E-state index in [1.807, 2.05) is 60.7 Å². The number of nitrogen functional groups attached to an aromatic ring is 1. The van der Waals surface area contributed by atoms with Crippen LogP contribution >= 0.6 is 68.6 Å². The van der Waals surface area contributed by atoms with E-state index in [1.165, 1.54) is 27.2 Å². The average molecular weight is 1540 g/mol. The van der Waals surface area contributed by atoms with Gasteiger partial charge in [0.25, 0.3) is 0 Å². The number of ether oxygens (including phenoxy) is 9. The fourth-order valence-electron chi connectivity index (χ4n) is 8.46. The van der Waals surface area contributed by atoms with Crippen LogP contribution in [0.2, 0.25) is 0 Å². The molecule has 5 aromatic rings. The summed E-state index contributed by atoms with van der Waals surface area (Å²) in [6, 6.07) is 27.3. The Morgan fingerprint density at radius 2 is 0.839 bits per heavy atom. The minimum atomic E-state index is -0.483. The Hall–Kier alpha value is -6.11. The summed E-state index contributed by atoms with van der Waals surface area (Å²) >= 11 is 18.6. The van der Waals surface area contributed by atoms with Crippen LogP contribution < -0.4 is 70.7 Å². The number of anilines is 7.